The summed E-state index contributed by atoms with van der Waals surface area (Å²) in [6.45, 7) is 0. The van der Waals surface area contributed by atoms with Crippen LogP contribution in [0.2, 0.25) is 0 Å². The van der Waals surface area contributed by atoms with Crippen LogP contribution < -0.4 is 0 Å². The summed E-state index contributed by atoms with van der Waals surface area (Å²) in [5.74, 6) is -2.27. The highest BCUT2D eigenvalue weighted by Gasteiger charge is 2.43. The van der Waals surface area contributed by atoms with Gasteiger partial charge >= 0.3 is 11.9 Å². The molecule has 0 fully saturated rings. The zero-order valence-electron chi connectivity index (χ0n) is 8.25. The van der Waals surface area contributed by atoms with E-state index in [-0.39, 0.29) is 17.7 Å². The molecule has 2 aliphatic rings. The van der Waals surface area contributed by atoms with Crippen molar-refractivity contribution >= 4 is 18.2 Å². The maximum Gasteiger partial charge on any atom is 0.354 e. The number of allylic oxidation sites excluding steroid dienone is 3. The highest BCUT2D eigenvalue weighted by Crippen LogP contribution is 2.40. The second kappa shape index (κ2) is 3.44. The van der Waals surface area contributed by atoms with E-state index in [2.05, 4.69) is 4.99 Å². The maximum absolute atomic E-state index is 11.3. The van der Waals surface area contributed by atoms with E-state index >= 15 is 0 Å². The highest BCUT2D eigenvalue weighted by atomic mass is 16.4. The maximum atomic E-state index is 11.3. The Morgan fingerprint density at radius 1 is 1.31 bits per heavy atom. The number of carboxylic acid groups (broad SMARTS) is 2. The van der Waals surface area contributed by atoms with Crippen LogP contribution in [0.5, 0.6) is 0 Å². The van der Waals surface area contributed by atoms with Gasteiger partial charge in [-0.25, -0.2) is 4.79 Å². The Balaban J connectivity index is 2.66. The van der Waals surface area contributed by atoms with Gasteiger partial charge in [-0.1, -0.05) is 24.3 Å². The van der Waals surface area contributed by atoms with Gasteiger partial charge in [-0.3, -0.25) is 9.79 Å². The van der Waals surface area contributed by atoms with Crippen LogP contribution in [-0.4, -0.2) is 28.4 Å². The Morgan fingerprint density at radius 3 is 2.69 bits per heavy atom. The average Bonchev–Trinajstić information content (AvgIpc) is 2.27. The lowest BCUT2D eigenvalue weighted by atomic mass is 9.73. The first-order valence-electron chi connectivity index (χ1n) is 4.68. The number of aliphatic carboxylic acids is 2. The van der Waals surface area contributed by atoms with Gasteiger partial charge in [0, 0.05) is 18.2 Å². The Kier molecular flexibility index (Phi) is 2.23. The fourth-order valence-electron chi connectivity index (χ4n) is 1.87. The van der Waals surface area contributed by atoms with Crippen LogP contribution in [0.1, 0.15) is 6.42 Å². The van der Waals surface area contributed by atoms with Gasteiger partial charge in [-0.15, -0.1) is 0 Å². The van der Waals surface area contributed by atoms with Crippen LogP contribution in [0.4, 0.5) is 0 Å². The summed E-state index contributed by atoms with van der Waals surface area (Å²) in [5.41, 5.74) is -1.24. The molecular formula is C11H9NO4. The topological polar surface area (TPSA) is 87.0 Å². The molecule has 1 atom stereocenters. The molecule has 0 amide bonds. The molecule has 1 heterocycles. The van der Waals surface area contributed by atoms with Crippen molar-refractivity contribution in [3.05, 3.63) is 35.6 Å². The van der Waals surface area contributed by atoms with E-state index in [0.29, 0.717) is 0 Å². The van der Waals surface area contributed by atoms with Gasteiger partial charge in [0.2, 0.25) is 0 Å². The molecule has 16 heavy (non-hydrogen) atoms. The first kappa shape index (κ1) is 10.4. The second-order valence-corrected chi connectivity index (χ2v) is 3.58. The van der Waals surface area contributed by atoms with E-state index in [1.807, 2.05) is 0 Å². The summed E-state index contributed by atoms with van der Waals surface area (Å²) < 4.78 is 0. The van der Waals surface area contributed by atoms with Crippen LogP contribution in [0.3, 0.4) is 0 Å². The minimum absolute atomic E-state index is 0.176. The van der Waals surface area contributed by atoms with Crippen molar-refractivity contribution < 1.29 is 19.8 Å². The van der Waals surface area contributed by atoms with Gasteiger partial charge in [0.1, 0.15) is 5.41 Å². The molecule has 1 aliphatic carbocycles. The van der Waals surface area contributed by atoms with Crippen LogP contribution in [0.15, 0.2) is 40.6 Å². The van der Waals surface area contributed by atoms with Crippen molar-refractivity contribution in [2.75, 3.05) is 0 Å². The summed E-state index contributed by atoms with van der Waals surface area (Å²) in [6, 6.07) is 0. The smallest absolute Gasteiger partial charge is 0.354 e. The molecule has 2 N–H and O–H groups in total. The predicted molar refractivity (Wildman–Crippen MR) is 56.1 cm³/mol. The molecule has 0 saturated carbocycles. The lowest BCUT2D eigenvalue weighted by molar-refractivity contribution is -0.143. The van der Waals surface area contributed by atoms with Gasteiger partial charge in [-0.05, 0) is 0 Å². The summed E-state index contributed by atoms with van der Waals surface area (Å²) in [7, 11) is 0. The van der Waals surface area contributed by atoms with Gasteiger partial charge < -0.3 is 10.2 Å². The zero-order chi connectivity index (χ0) is 11.8. The SMILES string of the molecule is O=C(O)C1=C2C=CC=CC2(C(=O)O)CC=N1. The highest BCUT2D eigenvalue weighted by molar-refractivity contribution is 5.97. The number of fused-ring (bicyclic) bond motifs is 1. The minimum atomic E-state index is -1.27. The van der Waals surface area contributed by atoms with Crippen molar-refractivity contribution in [1.82, 2.24) is 0 Å². The zero-order valence-corrected chi connectivity index (χ0v) is 8.25. The number of rotatable bonds is 2. The molecule has 5 heteroatoms. The fourth-order valence-corrected chi connectivity index (χ4v) is 1.87. The number of carboxylic acids is 2. The summed E-state index contributed by atoms with van der Waals surface area (Å²) in [6.07, 6.45) is 7.73. The van der Waals surface area contributed by atoms with Crippen molar-refractivity contribution in [3.8, 4) is 0 Å². The van der Waals surface area contributed by atoms with Crippen molar-refractivity contribution in [3.63, 3.8) is 0 Å². The number of nitrogens with zero attached hydrogens (tertiary/aromatic N) is 1. The van der Waals surface area contributed by atoms with Gasteiger partial charge in [0.15, 0.2) is 5.70 Å². The summed E-state index contributed by atoms with van der Waals surface area (Å²) in [5, 5.41) is 18.2. The van der Waals surface area contributed by atoms with Crippen LogP contribution in [0, 0.1) is 5.41 Å². The summed E-state index contributed by atoms with van der Waals surface area (Å²) in [4.78, 5) is 26.0. The van der Waals surface area contributed by atoms with E-state index in [0.717, 1.165) is 0 Å². The normalized spacial score (nSPS) is 26.8. The molecule has 1 aliphatic heterocycles. The molecule has 0 bridgehead atoms. The molecular weight excluding hydrogens is 210 g/mol. The third-order valence-corrected chi connectivity index (χ3v) is 2.71. The first-order chi connectivity index (χ1) is 7.58. The van der Waals surface area contributed by atoms with Gasteiger partial charge in [0.05, 0.1) is 0 Å². The number of aliphatic imine (C=N–C) groups is 1. The first-order valence-corrected chi connectivity index (χ1v) is 4.68. The third kappa shape index (κ3) is 1.29. The van der Waals surface area contributed by atoms with Crippen molar-refractivity contribution in [1.29, 1.82) is 0 Å². The number of carbonyl (C=O) groups is 2. The number of hydrogen-bond donors (Lipinski definition) is 2. The molecule has 0 radical (unpaired) electrons. The second-order valence-electron chi connectivity index (χ2n) is 3.58. The van der Waals surface area contributed by atoms with E-state index in [1.54, 1.807) is 12.2 Å². The van der Waals surface area contributed by atoms with E-state index < -0.39 is 17.4 Å². The van der Waals surface area contributed by atoms with E-state index in [1.165, 1.54) is 18.4 Å². The molecule has 2 rings (SSSR count). The molecule has 0 saturated heterocycles. The molecule has 0 aromatic rings. The molecule has 5 nitrogen and oxygen atoms in total. The monoisotopic (exact) mass is 219 g/mol. The van der Waals surface area contributed by atoms with E-state index in [9.17, 15) is 14.7 Å². The summed E-state index contributed by atoms with van der Waals surface area (Å²) >= 11 is 0. The van der Waals surface area contributed by atoms with Crippen LogP contribution in [-0.2, 0) is 9.59 Å². The molecule has 0 spiro atoms. The lowest BCUT2D eigenvalue weighted by Gasteiger charge is -2.30. The van der Waals surface area contributed by atoms with Crippen molar-refractivity contribution in [2.45, 2.75) is 6.42 Å². The largest absolute Gasteiger partial charge is 0.480 e. The lowest BCUT2D eigenvalue weighted by Crippen LogP contribution is -2.35. The van der Waals surface area contributed by atoms with E-state index in [4.69, 9.17) is 5.11 Å². The molecule has 82 valence electrons. The third-order valence-electron chi connectivity index (χ3n) is 2.71. The van der Waals surface area contributed by atoms with Crippen LogP contribution >= 0.6 is 0 Å². The van der Waals surface area contributed by atoms with Crippen LogP contribution in [0.25, 0.3) is 0 Å². The Bertz CT molecular complexity index is 484. The van der Waals surface area contributed by atoms with Gasteiger partial charge in [0.25, 0.3) is 0 Å². The quantitative estimate of drug-likeness (QED) is 0.725. The number of hydrogen-bond acceptors (Lipinski definition) is 3. The Morgan fingerprint density at radius 2 is 2.06 bits per heavy atom. The molecule has 0 aromatic heterocycles. The standard InChI is InChI=1S/C11H9NO4/c13-9(14)8-7-3-1-2-4-11(7,10(15)16)5-6-12-8/h1-4,6H,5H2,(H,13,14)(H,15,16). The Hall–Kier alpha value is -2.17. The van der Waals surface area contributed by atoms with Crippen molar-refractivity contribution in [2.24, 2.45) is 10.4 Å². The predicted octanol–water partition coefficient (Wildman–Crippen LogP) is 0.997. The Labute approximate surface area is 91.1 Å². The fraction of sp³-hybridized carbons (Fsp3) is 0.182. The molecule has 0 aromatic carbocycles. The van der Waals surface area contributed by atoms with Gasteiger partial charge in [-0.2, -0.15) is 0 Å². The molecule has 1 unspecified atom stereocenters. The minimum Gasteiger partial charge on any atom is -0.480 e. The average molecular weight is 219 g/mol.